The van der Waals surface area contributed by atoms with Crippen LogP contribution in [0.4, 0.5) is 0 Å². The van der Waals surface area contributed by atoms with Crippen LogP contribution >= 0.6 is 11.6 Å². The van der Waals surface area contributed by atoms with Crippen molar-refractivity contribution >= 4 is 24.9 Å². The minimum Gasteiger partial charge on any atom is -0.192 e. The van der Waals surface area contributed by atoms with Gasteiger partial charge in [0, 0.05) is 10.6 Å². The minimum absolute atomic E-state index is 0.411. The largest absolute Gasteiger partial charge is 0.192 e. The van der Waals surface area contributed by atoms with Crippen molar-refractivity contribution in [1.82, 2.24) is 0 Å². The Morgan fingerprint density at radius 1 is 1.12 bits per heavy atom. The van der Waals surface area contributed by atoms with Crippen LogP contribution < -0.4 is 5.46 Å². The molecule has 0 aliphatic carbocycles. The zero-order valence-electron chi connectivity index (χ0n) is 8.44. The second-order valence-corrected chi connectivity index (χ2v) is 3.83. The lowest BCUT2D eigenvalue weighted by atomic mass is 9.86. The highest BCUT2D eigenvalue weighted by atomic mass is 35.5. The first-order chi connectivity index (χ1) is 7.72. The maximum atomic E-state index is 9.08. The van der Waals surface area contributed by atoms with Gasteiger partial charge in [-0.3, -0.25) is 0 Å². The molecule has 1 nitrogen and oxygen atoms in total. The van der Waals surface area contributed by atoms with E-state index in [1.165, 1.54) is 0 Å². The highest BCUT2D eigenvalue weighted by Gasteiger charge is 2.08. The third kappa shape index (κ3) is 1.96. The first-order valence-corrected chi connectivity index (χ1v) is 5.14. The lowest BCUT2D eigenvalue weighted by Gasteiger charge is -2.08. The second-order valence-electron chi connectivity index (χ2n) is 3.40. The highest BCUT2D eigenvalue weighted by Crippen LogP contribution is 2.24. The van der Waals surface area contributed by atoms with E-state index in [9.17, 15) is 0 Å². The number of nitrogens with zero attached hydrogens (tertiary/aromatic N) is 1. The highest BCUT2D eigenvalue weighted by molar-refractivity contribution is 6.38. The average molecular weight is 223 g/mol. The maximum absolute atomic E-state index is 9.08. The average Bonchev–Trinajstić information content (AvgIpc) is 2.29. The van der Waals surface area contributed by atoms with Crippen LogP contribution in [0.25, 0.3) is 11.1 Å². The van der Waals surface area contributed by atoms with Crippen molar-refractivity contribution in [2.45, 2.75) is 0 Å². The summed E-state index contributed by atoms with van der Waals surface area (Å²) >= 11 is 5.94. The molecule has 2 radical (unpaired) electrons. The SMILES string of the molecule is [B]c1cc(Cl)cc(-c2ccccc2)c1C#N. The van der Waals surface area contributed by atoms with Crippen molar-refractivity contribution in [3.05, 3.63) is 53.1 Å². The third-order valence-corrected chi connectivity index (χ3v) is 2.55. The molecule has 0 aliphatic heterocycles. The quantitative estimate of drug-likeness (QED) is 0.682. The first-order valence-electron chi connectivity index (χ1n) is 4.77. The second kappa shape index (κ2) is 4.43. The summed E-state index contributed by atoms with van der Waals surface area (Å²) in [6.07, 6.45) is 0. The van der Waals surface area contributed by atoms with E-state index >= 15 is 0 Å². The molecule has 2 rings (SSSR count). The molecule has 0 heterocycles. The molecule has 0 amide bonds. The fourth-order valence-corrected chi connectivity index (χ4v) is 1.82. The van der Waals surface area contributed by atoms with Crippen LogP contribution in [0, 0.1) is 11.3 Å². The van der Waals surface area contributed by atoms with Crippen molar-refractivity contribution < 1.29 is 0 Å². The molecular formula is C13H7BClN. The summed E-state index contributed by atoms with van der Waals surface area (Å²) in [5, 5.41) is 9.62. The Morgan fingerprint density at radius 2 is 1.81 bits per heavy atom. The van der Waals surface area contributed by atoms with Gasteiger partial charge in [-0.15, -0.1) is 0 Å². The van der Waals surface area contributed by atoms with Crippen molar-refractivity contribution in [2.24, 2.45) is 0 Å². The fraction of sp³-hybridized carbons (Fsp3) is 0. The lowest BCUT2D eigenvalue weighted by molar-refractivity contribution is 1.49. The molecule has 0 aliphatic rings. The van der Waals surface area contributed by atoms with Crippen LogP contribution in [0.1, 0.15) is 5.56 Å². The van der Waals surface area contributed by atoms with Gasteiger partial charge in [0.1, 0.15) is 7.85 Å². The van der Waals surface area contributed by atoms with Crippen molar-refractivity contribution in [1.29, 1.82) is 5.26 Å². The fourth-order valence-electron chi connectivity index (χ4n) is 1.60. The summed E-state index contributed by atoms with van der Waals surface area (Å²) in [5.41, 5.74) is 2.59. The molecule has 0 saturated heterocycles. The lowest BCUT2D eigenvalue weighted by Crippen LogP contribution is -2.09. The van der Waals surface area contributed by atoms with Gasteiger partial charge in [0.05, 0.1) is 11.6 Å². The first kappa shape index (κ1) is 10.8. The van der Waals surface area contributed by atoms with Gasteiger partial charge in [0.25, 0.3) is 0 Å². The van der Waals surface area contributed by atoms with E-state index < -0.39 is 0 Å². The molecular weight excluding hydrogens is 216 g/mol. The summed E-state index contributed by atoms with van der Waals surface area (Å²) in [7, 11) is 5.76. The van der Waals surface area contributed by atoms with Crippen LogP contribution in [-0.4, -0.2) is 7.85 Å². The number of nitriles is 1. The van der Waals surface area contributed by atoms with Crippen molar-refractivity contribution in [3.63, 3.8) is 0 Å². The van der Waals surface area contributed by atoms with E-state index in [-0.39, 0.29) is 0 Å². The van der Waals surface area contributed by atoms with Gasteiger partial charge in [-0.05, 0) is 17.7 Å². The van der Waals surface area contributed by atoms with E-state index in [0.29, 0.717) is 16.0 Å². The Morgan fingerprint density at radius 3 is 2.44 bits per heavy atom. The predicted molar refractivity (Wildman–Crippen MR) is 67.0 cm³/mol. The minimum atomic E-state index is 0.411. The molecule has 0 bridgehead atoms. The maximum Gasteiger partial charge on any atom is 0.115 e. The van der Waals surface area contributed by atoms with Crippen LogP contribution in [0.15, 0.2) is 42.5 Å². The van der Waals surface area contributed by atoms with Crippen molar-refractivity contribution in [2.75, 3.05) is 0 Å². The molecule has 2 aromatic rings. The van der Waals surface area contributed by atoms with Crippen LogP contribution in [0.2, 0.25) is 5.02 Å². The third-order valence-electron chi connectivity index (χ3n) is 2.33. The Balaban J connectivity index is 2.70. The zero-order valence-corrected chi connectivity index (χ0v) is 9.20. The molecule has 0 spiro atoms. The predicted octanol–water partition coefficient (Wildman–Crippen LogP) is 2.67. The number of rotatable bonds is 1. The number of halogens is 1. The molecule has 0 unspecified atom stereocenters. The van der Waals surface area contributed by atoms with Gasteiger partial charge >= 0.3 is 0 Å². The normalized spacial score (nSPS) is 9.75. The molecule has 0 saturated carbocycles. The molecule has 74 valence electrons. The Bertz CT molecular complexity index is 558. The van der Waals surface area contributed by atoms with E-state index in [1.807, 2.05) is 30.3 Å². The summed E-state index contributed by atoms with van der Waals surface area (Å²) in [6.45, 7) is 0. The smallest absolute Gasteiger partial charge is 0.115 e. The molecule has 3 heteroatoms. The number of hydrogen-bond donors (Lipinski definition) is 0. The van der Waals surface area contributed by atoms with Gasteiger partial charge in [0.2, 0.25) is 0 Å². The van der Waals surface area contributed by atoms with E-state index in [4.69, 9.17) is 24.7 Å². The van der Waals surface area contributed by atoms with Gasteiger partial charge in [-0.2, -0.15) is 5.26 Å². The monoisotopic (exact) mass is 223 g/mol. The summed E-state index contributed by atoms with van der Waals surface area (Å²) in [5.74, 6) is 0. The van der Waals surface area contributed by atoms with E-state index in [1.54, 1.807) is 12.1 Å². The molecule has 0 atom stereocenters. The Hall–Kier alpha value is -1.72. The van der Waals surface area contributed by atoms with Crippen LogP contribution in [0.3, 0.4) is 0 Å². The summed E-state index contributed by atoms with van der Waals surface area (Å²) < 4.78 is 0. The molecule has 0 aromatic heterocycles. The van der Waals surface area contributed by atoms with Gasteiger partial charge in [0.15, 0.2) is 0 Å². The summed E-state index contributed by atoms with van der Waals surface area (Å²) in [4.78, 5) is 0. The number of benzene rings is 2. The van der Waals surface area contributed by atoms with E-state index in [0.717, 1.165) is 11.1 Å². The molecule has 16 heavy (non-hydrogen) atoms. The molecule has 0 N–H and O–H groups in total. The van der Waals surface area contributed by atoms with Crippen LogP contribution in [0.5, 0.6) is 0 Å². The molecule has 2 aromatic carbocycles. The van der Waals surface area contributed by atoms with Gasteiger partial charge in [-0.25, -0.2) is 0 Å². The standard InChI is InChI=1S/C13H7BClN/c14-13-7-10(15)6-11(12(13)8-16)9-4-2-1-3-5-9/h1-7H. The molecule has 0 fully saturated rings. The number of hydrogen-bond acceptors (Lipinski definition) is 1. The zero-order chi connectivity index (χ0) is 11.5. The van der Waals surface area contributed by atoms with Crippen molar-refractivity contribution in [3.8, 4) is 17.2 Å². The van der Waals surface area contributed by atoms with E-state index in [2.05, 4.69) is 6.07 Å². The van der Waals surface area contributed by atoms with Gasteiger partial charge < -0.3 is 0 Å². The Labute approximate surface area is 101 Å². The van der Waals surface area contributed by atoms with Crippen LogP contribution in [-0.2, 0) is 0 Å². The topological polar surface area (TPSA) is 23.8 Å². The Kier molecular flexibility index (Phi) is 2.98. The summed E-state index contributed by atoms with van der Waals surface area (Å²) in [6, 6.07) is 15.0. The van der Waals surface area contributed by atoms with Gasteiger partial charge in [-0.1, -0.05) is 47.4 Å².